The molecule has 0 aromatic heterocycles. The summed E-state index contributed by atoms with van der Waals surface area (Å²) >= 11 is 0. The van der Waals surface area contributed by atoms with E-state index in [4.69, 9.17) is 4.74 Å². The predicted octanol–water partition coefficient (Wildman–Crippen LogP) is 2.60. The first-order chi connectivity index (χ1) is 10.9. The van der Waals surface area contributed by atoms with Gasteiger partial charge in [-0.3, -0.25) is 14.4 Å². The number of ether oxygens (including phenoxy) is 1. The second-order valence-electron chi connectivity index (χ2n) is 6.79. The van der Waals surface area contributed by atoms with Crippen molar-refractivity contribution < 1.29 is 19.1 Å². The lowest BCUT2D eigenvalue weighted by atomic mass is 9.68. The Labute approximate surface area is 135 Å². The van der Waals surface area contributed by atoms with Gasteiger partial charge in [0.2, 0.25) is 17.5 Å². The van der Waals surface area contributed by atoms with Crippen LogP contribution in [-0.4, -0.2) is 24.1 Å². The molecule has 0 radical (unpaired) electrons. The van der Waals surface area contributed by atoms with Gasteiger partial charge in [0.15, 0.2) is 0 Å². The number of nitrogens with one attached hydrogen (secondary N) is 1. The second kappa shape index (κ2) is 5.18. The number of ketones is 2. The first-order valence-electron chi connectivity index (χ1n) is 7.98. The third-order valence-electron chi connectivity index (χ3n) is 5.53. The molecule has 0 aliphatic heterocycles. The van der Waals surface area contributed by atoms with Crippen molar-refractivity contribution in [3.63, 3.8) is 0 Å². The Morgan fingerprint density at radius 1 is 1.30 bits per heavy atom. The van der Waals surface area contributed by atoms with E-state index in [1.807, 2.05) is 26.8 Å². The Kier molecular flexibility index (Phi) is 3.54. The van der Waals surface area contributed by atoms with Crippen LogP contribution in [0.2, 0.25) is 0 Å². The molecule has 122 valence electrons. The Balaban J connectivity index is 1.95. The zero-order valence-corrected chi connectivity index (χ0v) is 13.6. The molecule has 2 aliphatic rings. The fourth-order valence-electron chi connectivity index (χ4n) is 4.16. The summed E-state index contributed by atoms with van der Waals surface area (Å²) in [5.41, 5.74) is -1.38. The number of anilines is 1. The second-order valence-corrected chi connectivity index (χ2v) is 6.79. The van der Waals surface area contributed by atoms with E-state index < -0.39 is 28.3 Å². The average molecular weight is 315 g/mol. The first kappa shape index (κ1) is 15.7. The quantitative estimate of drug-likeness (QED) is 0.685. The van der Waals surface area contributed by atoms with Crippen LogP contribution in [0.5, 0.6) is 5.75 Å². The molecule has 0 heterocycles. The highest BCUT2D eigenvalue weighted by atomic mass is 16.5. The molecular formula is C18H21NO4. The number of benzene rings is 1. The number of carbonyl (C=O) groups is 3. The summed E-state index contributed by atoms with van der Waals surface area (Å²) in [4.78, 5) is 37.6. The van der Waals surface area contributed by atoms with E-state index >= 15 is 0 Å². The van der Waals surface area contributed by atoms with Gasteiger partial charge in [0.05, 0.1) is 12.3 Å². The number of fused-ring (bicyclic) bond motifs is 2. The normalized spacial score (nSPS) is 28.0. The summed E-state index contributed by atoms with van der Waals surface area (Å²) < 4.78 is 5.51. The Morgan fingerprint density at radius 3 is 2.61 bits per heavy atom. The zero-order valence-electron chi connectivity index (χ0n) is 13.6. The molecule has 0 spiro atoms. The minimum absolute atomic E-state index is 0.345. The average Bonchev–Trinajstić information content (AvgIpc) is 2.86. The van der Waals surface area contributed by atoms with Crippen molar-refractivity contribution >= 4 is 23.2 Å². The number of para-hydroxylation sites is 2. The number of hydrogen-bond donors (Lipinski definition) is 1. The monoisotopic (exact) mass is 315 g/mol. The third-order valence-corrected chi connectivity index (χ3v) is 5.53. The molecule has 2 fully saturated rings. The van der Waals surface area contributed by atoms with E-state index in [1.54, 1.807) is 18.2 Å². The van der Waals surface area contributed by atoms with Gasteiger partial charge in [-0.05, 0) is 37.3 Å². The molecule has 3 rings (SSSR count). The van der Waals surface area contributed by atoms with Crippen molar-refractivity contribution in [3.05, 3.63) is 24.3 Å². The van der Waals surface area contributed by atoms with Crippen molar-refractivity contribution in [1.29, 1.82) is 0 Å². The smallest absolute Gasteiger partial charge is 0.239 e. The number of Topliss-reactive ketones (excluding diaryl/α,β-unsaturated/α-hetero) is 2. The van der Waals surface area contributed by atoms with E-state index in [1.165, 1.54) is 0 Å². The van der Waals surface area contributed by atoms with Crippen LogP contribution in [0.3, 0.4) is 0 Å². The summed E-state index contributed by atoms with van der Waals surface area (Å²) in [6.45, 7) is 6.03. The van der Waals surface area contributed by atoms with Gasteiger partial charge in [-0.25, -0.2) is 0 Å². The molecule has 23 heavy (non-hydrogen) atoms. The highest BCUT2D eigenvalue weighted by Gasteiger charge is 2.72. The molecule has 1 amide bonds. The Morgan fingerprint density at radius 2 is 2.00 bits per heavy atom. The van der Waals surface area contributed by atoms with Crippen molar-refractivity contribution in [3.8, 4) is 5.75 Å². The van der Waals surface area contributed by atoms with Crippen LogP contribution in [0.15, 0.2) is 24.3 Å². The van der Waals surface area contributed by atoms with Crippen LogP contribution < -0.4 is 10.1 Å². The highest BCUT2D eigenvalue weighted by molar-refractivity contribution is 6.48. The fraction of sp³-hybridized carbons (Fsp3) is 0.500. The number of amides is 1. The summed E-state index contributed by atoms with van der Waals surface area (Å²) in [5, 5.41) is 2.83. The highest BCUT2D eigenvalue weighted by Crippen LogP contribution is 2.62. The maximum atomic E-state index is 13.0. The lowest BCUT2D eigenvalue weighted by Gasteiger charge is -2.34. The SMILES string of the molecule is CCOc1ccccc1NC(=O)C12CCC(C(=O)C1=O)C2(C)C. The first-order valence-corrected chi connectivity index (χ1v) is 7.98. The van der Waals surface area contributed by atoms with Crippen LogP contribution in [0.25, 0.3) is 0 Å². The maximum absolute atomic E-state index is 13.0. The minimum Gasteiger partial charge on any atom is -0.492 e. The van der Waals surface area contributed by atoms with Gasteiger partial charge >= 0.3 is 0 Å². The van der Waals surface area contributed by atoms with Crippen LogP contribution in [-0.2, 0) is 14.4 Å². The van der Waals surface area contributed by atoms with Gasteiger partial charge in [-0.1, -0.05) is 26.0 Å². The molecule has 1 N–H and O–H groups in total. The Bertz CT molecular complexity index is 694. The molecule has 2 unspecified atom stereocenters. The van der Waals surface area contributed by atoms with Crippen molar-refractivity contribution in [2.75, 3.05) is 11.9 Å². The summed E-state index contributed by atoms with van der Waals surface area (Å²) in [6.07, 6.45) is 1.02. The summed E-state index contributed by atoms with van der Waals surface area (Å²) in [6, 6.07) is 7.11. The molecule has 1 aromatic rings. The van der Waals surface area contributed by atoms with E-state index in [0.29, 0.717) is 30.9 Å². The van der Waals surface area contributed by atoms with Gasteiger partial charge in [0.1, 0.15) is 11.2 Å². The molecule has 2 bridgehead atoms. The molecule has 2 aliphatic carbocycles. The van der Waals surface area contributed by atoms with Crippen molar-refractivity contribution in [2.24, 2.45) is 16.7 Å². The predicted molar refractivity (Wildman–Crippen MR) is 85.2 cm³/mol. The third kappa shape index (κ3) is 1.95. The van der Waals surface area contributed by atoms with Gasteiger partial charge in [-0.2, -0.15) is 0 Å². The summed E-state index contributed by atoms with van der Waals surface area (Å²) in [5.74, 6) is -1.11. The van der Waals surface area contributed by atoms with E-state index in [2.05, 4.69) is 5.32 Å². The lowest BCUT2D eigenvalue weighted by molar-refractivity contribution is -0.147. The molecule has 5 nitrogen and oxygen atoms in total. The summed E-state index contributed by atoms with van der Waals surface area (Å²) in [7, 11) is 0. The van der Waals surface area contributed by atoms with Crippen molar-refractivity contribution in [2.45, 2.75) is 33.6 Å². The molecule has 1 aromatic carbocycles. The maximum Gasteiger partial charge on any atom is 0.239 e. The van der Waals surface area contributed by atoms with Crippen LogP contribution in [0.1, 0.15) is 33.6 Å². The number of rotatable bonds is 4. The van der Waals surface area contributed by atoms with Gasteiger partial charge in [0, 0.05) is 5.92 Å². The van der Waals surface area contributed by atoms with E-state index in [-0.39, 0.29) is 5.92 Å². The molecule has 2 saturated carbocycles. The molecule has 2 atom stereocenters. The van der Waals surface area contributed by atoms with Gasteiger partial charge < -0.3 is 10.1 Å². The van der Waals surface area contributed by atoms with Gasteiger partial charge in [0.25, 0.3) is 0 Å². The van der Waals surface area contributed by atoms with Crippen LogP contribution in [0, 0.1) is 16.7 Å². The molecule has 0 saturated heterocycles. The number of carbonyl (C=O) groups excluding carboxylic acids is 3. The van der Waals surface area contributed by atoms with Crippen LogP contribution in [0.4, 0.5) is 5.69 Å². The molecular weight excluding hydrogens is 294 g/mol. The largest absolute Gasteiger partial charge is 0.492 e. The standard InChI is InChI=1S/C18H21NO4/c1-4-23-13-8-6-5-7-12(13)19-16(22)18-10-9-11(17(18,2)3)14(20)15(18)21/h5-8,11H,4,9-10H2,1-3H3,(H,19,22). The van der Waals surface area contributed by atoms with E-state index in [9.17, 15) is 14.4 Å². The van der Waals surface area contributed by atoms with Gasteiger partial charge in [-0.15, -0.1) is 0 Å². The van der Waals surface area contributed by atoms with Crippen molar-refractivity contribution in [1.82, 2.24) is 0 Å². The molecule has 5 heteroatoms. The van der Waals surface area contributed by atoms with Crippen LogP contribution >= 0.6 is 0 Å². The minimum atomic E-state index is -1.26. The number of hydrogen-bond acceptors (Lipinski definition) is 4. The fourth-order valence-corrected chi connectivity index (χ4v) is 4.16. The zero-order chi connectivity index (χ0) is 16.8. The topological polar surface area (TPSA) is 72.5 Å². The Hall–Kier alpha value is -2.17. The van der Waals surface area contributed by atoms with E-state index in [0.717, 1.165) is 0 Å². The lowest BCUT2D eigenvalue weighted by Crippen LogP contribution is -2.47.